The van der Waals surface area contributed by atoms with Crippen molar-refractivity contribution >= 4 is 0 Å². The molecule has 0 aromatic carbocycles. The van der Waals surface area contributed by atoms with Gasteiger partial charge in [0.25, 0.3) is 0 Å². The second-order valence-electron chi connectivity index (χ2n) is 4.20. The summed E-state index contributed by atoms with van der Waals surface area (Å²) in [6, 6.07) is 3.27. The normalized spacial score (nSPS) is 11.0. The Morgan fingerprint density at radius 3 is 2.81 bits per heavy atom. The summed E-state index contributed by atoms with van der Waals surface area (Å²) in [4.78, 5) is 4.10. The molecule has 2 rings (SSSR count). The summed E-state index contributed by atoms with van der Waals surface area (Å²) in [5.41, 5.74) is 0.920. The van der Waals surface area contributed by atoms with Crippen LogP contribution in [0.1, 0.15) is 19.4 Å². The van der Waals surface area contributed by atoms with Crippen molar-refractivity contribution in [1.29, 1.82) is 0 Å². The van der Waals surface area contributed by atoms with Crippen molar-refractivity contribution < 1.29 is 4.39 Å². The molecule has 0 unspecified atom stereocenters. The third kappa shape index (κ3) is 2.27. The molecule has 16 heavy (non-hydrogen) atoms. The van der Waals surface area contributed by atoms with Crippen LogP contribution < -0.4 is 0 Å². The zero-order chi connectivity index (χ0) is 11.5. The van der Waals surface area contributed by atoms with Gasteiger partial charge in [0.1, 0.15) is 0 Å². The molecule has 0 fully saturated rings. The highest BCUT2D eigenvalue weighted by Gasteiger charge is 2.08. The topological polar surface area (TPSA) is 30.7 Å². The number of rotatable bonds is 3. The maximum atomic E-state index is 13.7. The van der Waals surface area contributed by atoms with Crippen LogP contribution in [-0.2, 0) is 6.42 Å². The summed E-state index contributed by atoms with van der Waals surface area (Å²) in [5.74, 6) is 0.413. The Morgan fingerprint density at radius 1 is 1.44 bits per heavy atom. The number of hydrogen-bond acceptors (Lipinski definition) is 2. The van der Waals surface area contributed by atoms with E-state index in [1.54, 1.807) is 24.7 Å². The molecule has 0 bridgehead atoms. The van der Waals surface area contributed by atoms with Crippen molar-refractivity contribution in [3.63, 3.8) is 0 Å². The molecule has 2 heterocycles. The van der Waals surface area contributed by atoms with Crippen LogP contribution in [0.5, 0.6) is 0 Å². The van der Waals surface area contributed by atoms with Gasteiger partial charge in [-0.1, -0.05) is 13.8 Å². The first kappa shape index (κ1) is 10.8. The molecular formula is C12H14FN3. The van der Waals surface area contributed by atoms with Crippen LogP contribution in [0.25, 0.3) is 5.82 Å². The Labute approximate surface area is 93.9 Å². The summed E-state index contributed by atoms with van der Waals surface area (Å²) in [6.45, 7) is 4.19. The van der Waals surface area contributed by atoms with Crippen molar-refractivity contribution in [2.75, 3.05) is 0 Å². The molecule has 0 saturated carbocycles. The van der Waals surface area contributed by atoms with Crippen molar-refractivity contribution in [2.45, 2.75) is 20.3 Å². The van der Waals surface area contributed by atoms with Gasteiger partial charge >= 0.3 is 0 Å². The van der Waals surface area contributed by atoms with Crippen LogP contribution in [-0.4, -0.2) is 14.8 Å². The predicted octanol–water partition coefficient (Wildman–Crippen LogP) is 2.60. The van der Waals surface area contributed by atoms with Gasteiger partial charge in [0, 0.05) is 18.6 Å². The Balaban J connectivity index is 2.30. The first-order valence-corrected chi connectivity index (χ1v) is 5.31. The number of nitrogens with zero attached hydrogens (tertiary/aromatic N) is 3. The van der Waals surface area contributed by atoms with E-state index in [2.05, 4.69) is 23.9 Å². The molecular weight excluding hydrogens is 205 g/mol. The highest BCUT2D eigenvalue weighted by atomic mass is 19.1. The fourth-order valence-electron chi connectivity index (χ4n) is 1.62. The van der Waals surface area contributed by atoms with Gasteiger partial charge in [-0.2, -0.15) is 5.10 Å². The van der Waals surface area contributed by atoms with Gasteiger partial charge in [-0.15, -0.1) is 0 Å². The van der Waals surface area contributed by atoms with Gasteiger partial charge in [0.05, 0.1) is 0 Å². The summed E-state index contributed by atoms with van der Waals surface area (Å²) >= 11 is 0. The minimum atomic E-state index is -0.332. The Hall–Kier alpha value is -1.71. The molecule has 0 aliphatic rings. The number of aromatic nitrogens is 3. The molecule has 0 aliphatic carbocycles. The maximum absolute atomic E-state index is 13.7. The van der Waals surface area contributed by atoms with E-state index in [0.717, 1.165) is 12.0 Å². The molecule has 0 saturated heterocycles. The molecule has 0 spiro atoms. The lowest BCUT2D eigenvalue weighted by Gasteiger charge is -2.07. The van der Waals surface area contributed by atoms with Gasteiger partial charge in [-0.3, -0.25) is 0 Å². The monoisotopic (exact) mass is 219 g/mol. The zero-order valence-electron chi connectivity index (χ0n) is 9.39. The molecule has 0 amide bonds. The molecule has 2 aromatic rings. The summed E-state index contributed by atoms with van der Waals surface area (Å²) in [6.07, 6.45) is 5.82. The average molecular weight is 219 g/mol. The highest BCUT2D eigenvalue weighted by Crippen LogP contribution is 2.13. The fourth-order valence-corrected chi connectivity index (χ4v) is 1.62. The lowest BCUT2D eigenvalue weighted by molar-refractivity contribution is 0.589. The van der Waals surface area contributed by atoms with Gasteiger partial charge in [0.2, 0.25) is 0 Å². The van der Waals surface area contributed by atoms with Crippen LogP contribution >= 0.6 is 0 Å². The standard InChI is InChI=1S/C12H14FN3/c1-9(2)6-10-7-11(13)12(14-8-10)16-5-3-4-15-16/h3-5,7-9H,6H2,1-2H3. The first-order chi connectivity index (χ1) is 7.66. The third-order valence-electron chi connectivity index (χ3n) is 2.24. The third-order valence-corrected chi connectivity index (χ3v) is 2.24. The molecule has 0 radical (unpaired) electrons. The zero-order valence-corrected chi connectivity index (χ0v) is 9.39. The van der Waals surface area contributed by atoms with Crippen molar-refractivity contribution in [3.8, 4) is 5.82 Å². The van der Waals surface area contributed by atoms with Gasteiger partial charge in [-0.05, 0) is 30.0 Å². The van der Waals surface area contributed by atoms with Gasteiger partial charge < -0.3 is 0 Å². The number of halogens is 1. The minimum absolute atomic E-state index is 0.248. The molecule has 84 valence electrons. The van der Waals surface area contributed by atoms with E-state index < -0.39 is 0 Å². The van der Waals surface area contributed by atoms with Crippen LogP contribution in [0.15, 0.2) is 30.7 Å². The van der Waals surface area contributed by atoms with Crippen molar-refractivity contribution in [1.82, 2.24) is 14.8 Å². The van der Waals surface area contributed by atoms with E-state index in [0.29, 0.717) is 5.92 Å². The quantitative estimate of drug-likeness (QED) is 0.794. The van der Waals surface area contributed by atoms with E-state index in [1.165, 1.54) is 10.7 Å². The maximum Gasteiger partial charge on any atom is 0.189 e. The molecule has 2 aromatic heterocycles. The van der Waals surface area contributed by atoms with Crippen LogP contribution in [0.2, 0.25) is 0 Å². The van der Waals surface area contributed by atoms with Gasteiger partial charge in [-0.25, -0.2) is 14.1 Å². The second-order valence-corrected chi connectivity index (χ2v) is 4.20. The average Bonchev–Trinajstić information content (AvgIpc) is 2.69. The summed E-state index contributed by atoms with van der Waals surface area (Å²) in [7, 11) is 0. The molecule has 4 heteroatoms. The van der Waals surface area contributed by atoms with Crippen molar-refractivity contribution in [2.24, 2.45) is 5.92 Å². The van der Waals surface area contributed by atoms with E-state index in [9.17, 15) is 4.39 Å². The van der Waals surface area contributed by atoms with E-state index in [-0.39, 0.29) is 11.6 Å². The highest BCUT2D eigenvalue weighted by molar-refractivity contribution is 5.26. The molecule has 0 atom stereocenters. The lowest BCUT2D eigenvalue weighted by Crippen LogP contribution is -2.04. The van der Waals surface area contributed by atoms with E-state index >= 15 is 0 Å². The summed E-state index contributed by atoms with van der Waals surface area (Å²) < 4.78 is 15.2. The van der Waals surface area contributed by atoms with E-state index in [1.807, 2.05) is 0 Å². The van der Waals surface area contributed by atoms with Crippen LogP contribution in [0.4, 0.5) is 4.39 Å². The van der Waals surface area contributed by atoms with Gasteiger partial charge in [0.15, 0.2) is 11.6 Å². The second kappa shape index (κ2) is 4.43. The first-order valence-electron chi connectivity index (χ1n) is 5.31. The molecule has 3 nitrogen and oxygen atoms in total. The van der Waals surface area contributed by atoms with Crippen molar-refractivity contribution in [3.05, 3.63) is 42.1 Å². The molecule has 0 N–H and O–H groups in total. The number of hydrogen-bond donors (Lipinski definition) is 0. The Morgan fingerprint density at radius 2 is 2.25 bits per heavy atom. The Bertz CT molecular complexity index is 463. The van der Waals surface area contributed by atoms with E-state index in [4.69, 9.17) is 0 Å². The molecule has 0 aliphatic heterocycles. The predicted molar refractivity (Wildman–Crippen MR) is 59.9 cm³/mol. The largest absolute Gasteiger partial charge is 0.234 e. The van der Waals surface area contributed by atoms with Crippen LogP contribution in [0.3, 0.4) is 0 Å². The Kier molecular flexibility index (Phi) is 2.99. The minimum Gasteiger partial charge on any atom is -0.234 e. The number of pyridine rings is 1. The lowest BCUT2D eigenvalue weighted by atomic mass is 10.1. The van der Waals surface area contributed by atoms with Crippen LogP contribution in [0, 0.1) is 11.7 Å². The summed E-state index contributed by atoms with van der Waals surface area (Å²) in [5, 5.41) is 3.95. The smallest absolute Gasteiger partial charge is 0.189 e. The SMILES string of the molecule is CC(C)Cc1cnc(-n2cccn2)c(F)c1. The fraction of sp³-hybridized carbons (Fsp3) is 0.333.